The number of hydrogen-bond acceptors (Lipinski definition) is 3. The van der Waals surface area contributed by atoms with E-state index in [1.165, 1.54) is 51.9 Å². The van der Waals surface area contributed by atoms with Gasteiger partial charge in [-0.25, -0.2) is 0 Å². The van der Waals surface area contributed by atoms with Crippen molar-refractivity contribution in [2.24, 2.45) is 0 Å². The molecule has 25 heavy (non-hydrogen) atoms. The zero-order valence-corrected chi connectivity index (χ0v) is 17.0. The van der Waals surface area contributed by atoms with E-state index in [0.29, 0.717) is 6.61 Å². The van der Waals surface area contributed by atoms with Gasteiger partial charge >= 0.3 is 5.97 Å². The first-order valence-corrected chi connectivity index (χ1v) is 10.0. The maximum Gasteiger partial charge on any atom is 0.302 e. The molecule has 0 unspecified atom stereocenters. The highest BCUT2D eigenvalue weighted by atomic mass is 16.5. The first-order chi connectivity index (χ1) is 11.9. The molecule has 3 nitrogen and oxygen atoms in total. The highest BCUT2D eigenvalue weighted by Crippen LogP contribution is 2.11. The molecule has 0 aromatic heterocycles. The van der Waals surface area contributed by atoms with Crippen LogP contribution in [-0.2, 0) is 14.3 Å². The van der Waals surface area contributed by atoms with E-state index in [1.807, 2.05) is 0 Å². The standard InChI is InChI=1S/C22H40O3/c1-21(23)24-19-17-15-13-11-9-7-5-6-8-10-12-14-16-18-20-25-22(2,3)4/h7,9,11,13H,5-6,8,10,12,14-20H2,1-4H3/b9-7+,13-11-. The average Bonchev–Trinajstić information content (AvgIpc) is 2.52. The van der Waals surface area contributed by atoms with Crippen LogP contribution in [0.2, 0.25) is 0 Å². The Bertz CT molecular complexity index is 364. The molecule has 0 spiro atoms. The van der Waals surface area contributed by atoms with Crippen molar-refractivity contribution < 1.29 is 14.3 Å². The van der Waals surface area contributed by atoms with Crippen molar-refractivity contribution in [3.63, 3.8) is 0 Å². The van der Waals surface area contributed by atoms with Crippen LogP contribution in [0.25, 0.3) is 0 Å². The van der Waals surface area contributed by atoms with Crippen molar-refractivity contribution in [2.75, 3.05) is 13.2 Å². The first kappa shape index (κ1) is 23.9. The Morgan fingerprint density at radius 3 is 1.84 bits per heavy atom. The van der Waals surface area contributed by atoms with Crippen LogP contribution in [0.5, 0.6) is 0 Å². The number of esters is 1. The Morgan fingerprint density at radius 1 is 0.760 bits per heavy atom. The van der Waals surface area contributed by atoms with Gasteiger partial charge in [0.25, 0.3) is 0 Å². The van der Waals surface area contributed by atoms with Crippen LogP contribution in [0, 0.1) is 0 Å². The molecule has 0 saturated carbocycles. The topological polar surface area (TPSA) is 35.5 Å². The van der Waals surface area contributed by atoms with E-state index in [9.17, 15) is 4.79 Å². The zero-order chi connectivity index (χ0) is 18.8. The molecule has 0 aromatic rings. The Hall–Kier alpha value is -1.09. The minimum Gasteiger partial charge on any atom is -0.466 e. The van der Waals surface area contributed by atoms with Crippen LogP contribution in [0.1, 0.15) is 91.9 Å². The second-order valence-electron chi connectivity index (χ2n) is 7.56. The molecule has 0 aliphatic carbocycles. The van der Waals surface area contributed by atoms with Gasteiger partial charge in [-0.1, -0.05) is 56.4 Å². The van der Waals surface area contributed by atoms with Crippen molar-refractivity contribution >= 4 is 5.97 Å². The molecule has 0 radical (unpaired) electrons. The quantitative estimate of drug-likeness (QED) is 0.195. The van der Waals surface area contributed by atoms with Gasteiger partial charge in [-0.15, -0.1) is 0 Å². The number of rotatable bonds is 15. The zero-order valence-electron chi connectivity index (χ0n) is 17.0. The summed E-state index contributed by atoms with van der Waals surface area (Å²) >= 11 is 0. The lowest BCUT2D eigenvalue weighted by molar-refractivity contribution is -0.141. The van der Waals surface area contributed by atoms with Gasteiger partial charge in [0, 0.05) is 13.5 Å². The summed E-state index contributed by atoms with van der Waals surface area (Å²) in [6.45, 7) is 9.20. The van der Waals surface area contributed by atoms with E-state index in [2.05, 4.69) is 45.1 Å². The van der Waals surface area contributed by atoms with Gasteiger partial charge < -0.3 is 9.47 Å². The maximum atomic E-state index is 10.6. The molecule has 0 heterocycles. The summed E-state index contributed by atoms with van der Waals surface area (Å²) in [6.07, 6.45) is 20.7. The number of allylic oxidation sites excluding steroid dienone is 4. The molecular formula is C22H40O3. The molecule has 0 N–H and O–H groups in total. The maximum absolute atomic E-state index is 10.6. The summed E-state index contributed by atoms with van der Waals surface area (Å²) < 4.78 is 10.6. The summed E-state index contributed by atoms with van der Waals surface area (Å²) in [6, 6.07) is 0. The van der Waals surface area contributed by atoms with Crippen molar-refractivity contribution in [1.29, 1.82) is 0 Å². The third-order valence-electron chi connectivity index (χ3n) is 3.75. The minimum atomic E-state index is -0.196. The summed E-state index contributed by atoms with van der Waals surface area (Å²) in [7, 11) is 0. The van der Waals surface area contributed by atoms with Crippen molar-refractivity contribution in [3.8, 4) is 0 Å². The van der Waals surface area contributed by atoms with E-state index in [0.717, 1.165) is 25.9 Å². The van der Waals surface area contributed by atoms with Crippen LogP contribution >= 0.6 is 0 Å². The fraction of sp³-hybridized carbons (Fsp3) is 0.773. The number of carbonyl (C=O) groups is 1. The van der Waals surface area contributed by atoms with Crippen LogP contribution in [0.4, 0.5) is 0 Å². The molecule has 0 aromatic carbocycles. The molecule has 0 rings (SSSR count). The molecule has 3 heteroatoms. The van der Waals surface area contributed by atoms with Gasteiger partial charge in [-0.2, -0.15) is 0 Å². The largest absolute Gasteiger partial charge is 0.466 e. The highest BCUT2D eigenvalue weighted by Gasteiger charge is 2.08. The Morgan fingerprint density at radius 2 is 1.28 bits per heavy atom. The van der Waals surface area contributed by atoms with E-state index in [1.54, 1.807) is 0 Å². The van der Waals surface area contributed by atoms with E-state index in [4.69, 9.17) is 9.47 Å². The summed E-state index contributed by atoms with van der Waals surface area (Å²) in [5, 5.41) is 0. The monoisotopic (exact) mass is 352 g/mol. The molecular weight excluding hydrogens is 312 g/mol. The summed E-state index contributed by atoms with van der Waals surface area (Å²) in [5.41, 5.74) is 0.00656. The first-order valence-electron chi connectivity index (χ1n) is 10.0. The van der Waals surface area contributed by atoms with Gasteiger partial charge in [0.2, 0.25) is 0 Å². The molecule has 0 amide bonds. The van der Waals surface area contributed by atoms with Crippen molar-refractivity contribution in [2.45, 2.75) is 97.5 Å². The third kappa shape index (κ3) is 22.9. The van der Waals surface area contributed by atoms with Gasteiger partial charge in [-0.3, -0.25) is 4.79 Å². The number of hydrogen-bond donors (Lipinski definition) is 0. The fourth-order valence-corrected chi connectivity index (χ4v) is 2.39. The predicted molar refractivity (Wildman–Crippen MR) is 107 cm³/mol. The second kappa shape index (κ2) is 16.4. The van der Waals surface area contributed by atoms with Gasteiger partial charge in [0.15, 0.2) is 0 Å². The highest BCUT2D eigenvalue weighted by molar-refractivity contribution is 5.65. The van der Waals surface area contributed by atoms with E-state index < -0.39 is 0 Å². The fourth-order valence-electron chi connectivity index (χ4n) is 2.39. The lowest BCUT2D eigenvalue weighted by Gasteiger charge is -2.19. The summed E-state index contributed by atoms with van der Waals surface area (Å²) in [4.78, 5) is 10.6. The van der Waals surface area contributed by atoms with Crippen molar-refractivity contribution in [1.82, 2.24) is 0 Å². The SMILES string of the molecule is CC(=O)OCCC/C=C\C=C\CCCCCCCCCOC(C)(C)C. The number of unbranched alkanes of at least 4 members (excludes halogenated alkanes) is 8. The smallest absolute Gasteiger partial charge is 0.302 e. The Kier molecular flexibility index (Phi) is 15.7. The van der Waals surface area contributed by atoms with Crippen LogP contribution < -0.4 is 0 Å². The Balaban J connectivity index is 3.23. The van der Waals surface area contributed by atoms with Crippen LogP contribution in [0.15, 0.2) is 24.3 Å². The molecule has 0 bridgehead atoms. The van der Waals surface area contributed by atoms with Gasteiger partial charge in [-0.05, 0) is 52.9 Å². The van der Waals surface area contributed by atoms with E-state index >= 15 is 0 Å². The normalized spacial score (nSPS) is 12.3. The van der Waals surface area contributed by atoms with Crippen LogP contribution in [-0.4, -0.2) is 24.8 Å². The third-order valence-corrected chi connectivity index (χ3v) is 3.75. The van der Waals surface area contributed by atoms with Crippen LogP contribution in [0.3, 0.4) is 0 Å². The molecule has 0 aliphatic rings. The number of ether oxygens (including phenoxy) is 2. The molecule has 0 saturated heterocycles. The van der Waals surface area contributed by atoms with Crippen molar-refractivity contribution in [3.05, 3.63) is 24.3 Å². The molecule has 0 aliphatic heterocycles. The second-order valence-corrected chi connectivity index (χ2v) is 7.56. The lowest BCUT2D eigenvalue weighted by Crippen LogP contribution is -2.19. The number of carbonyl (C=O) groups excluding carboxylic acids is 1. The predicted octanol–water partition coefficient (Wildman–Crippen LogP) is 6.38. The minimum absolute atomic E-state index is 0.00656. The molecule has 146 valence electrons. The molecule has 0 fully saturated rings. The summed E-state index contributed by atoms with van der Waals surface area (Å²) in [5.74, 6) is -0.196. The van der Waals surface area contributed by atoms with Gasteiger partial charge in [0.05, 0.1) is 12.2 Å². The molecule has 0 atom stereocenters. The van der Waals surface area contributed by atoms with E-state index in [-0.39, 0.29) is 11.6 Å². The van der Waals surface area contributed by atoms with Gasteiger partial charge in [0.1, 0.15) is 0 Å². The average molecular weight is 353 g/mol. The Labute approximate surface area is 155 Å². The lowest BCUT2D eigenvalue weighted by atomic mass is 10.1.